The second-order valence-corrected chi connectivity index (χ2v) is 5.98. The minimum absolute atomic E-state index is 0.0889. The van der Waals surface area contributed by atoms with Crippen LogP contribution in [0, 0.1) is 11.3 Å². The number of benzene rings is 1. The predicted molar refractivity (Wildman–Crippen MR) is 76.3 cm³/mol. The molecule has 1 unspecified atom stereocenters. The monoisotopic (exact) mass is 263 g/mol. The topological polar surface area (TPSA) is 41.6 Å². The summed E-state index contributed by atoms with van der Waals surface area (Å²) in [5, 5.41) is 9.10. The number of aromatic nitrogens is 2. The van der Waals surface area contributed by atoms with Gasteiger partial charge in [-0.3, -0.25) is 0 Å². The molecule has 1 aromatic carbocycles. The number of fused-ring (bicyclic) bond motifs is 4. The van der Waals surface area contributed by atoms with Gasteiger partial charge >= 0.3 is 0 Å². The van der Waals surface area contributed by atoms with Gasteiger partial charge in [0.2, 0.25) is 0 Å². The molecule has 0 saturated heterocycles. The fourth-order valence-corrected chi connectivity index (χ4v) is 4.12. The first-order valence-electron chi connectivity index (χ1n) is 7.39. The molecular weight excluding hydrogens is 246 g/mol. The van der Waals surface area contributed by atoms with E-state index in [2.05, 4.69) is 27.8 Å². The Labute approximate surface area is 118 Å². The summed E-state index contributed by atoms with van der Waals surface area (Å²) in [6.07, 6.45) is 11.0. The molecular formula is C17H17N3. The number of rotatable bonds is 0. The van der Waals surface area contributed by atoms with Crippen molar-refractivity contribution >= 4 is 0 Å². The maximum Gasteiger partial charge on any atom is 0.0991 e. The zero-order valence-electron chi connectivity index (χ0n) is 11.5. The lowest BCUT2D eigenvalue weighted by atomic mass is 9.71. The lowest BCUT2D eigenvalue weighted by Crippen LogP contribution is -2.41. The largest absolute Gasteiger partial charge is 0.324 e. The lowest BCUT2D eigenvalue weighted by Gasteiger charge is -2.44. The normalized spacial score (nSPS) is 23.9. The van der Waals surface area contributed by atoms with Crippen LogP contribution >= 0.6 is 0 Å². The molecule has 2 heterocycles. The van der Waals surface area contributed by atoms with Crippen LogP contribution in [0.1, 0.15) is 48.1 Å². The van der Waals surface area contributed by atoms with Gasteiger partial charge in [0.15, 0.2) is 0 Å². The van der Waals surface area contributed by atoms with Gasteiger partial charge in [-0.25, -0.2) is 4.98 Å². The van der Waals surface area contributed by atoms with Crippen molar-refractivity contribution in [2.75, 3.05) is 0 Å². The van der Waals surface area contributed by atoms with E-state index in [1.54, 1.807) is 0 Å². The first-order chi connectivity index (χ1) is 9.83. The van der Waals surface area contributed by atoms with Crippen LogP contribution in [0.4, 0.5) is 0 Å². The van der Waals surface area contributed by atoms with Crippen LogP contribution in [-0.4, -0.2) is 9.55 Å². The van der Waals surface area contributed by atoms with E-state index >= 15 is 0 Å². The van der Waals surface area contributed by atoms with Crippen molar-refractivity contribution < 1.29 is 0 Å². The average molecular weight is 263 g/mol. The van der Waals surface area contributed by atoms with Gasteiger partial charge < -0.3 is 4.57 Å². The highest BCUT2D eigenvalue weighted by atomic mass is 15.1. The summed E-state index contributed by atoms with van der Waals surface area (Å²) in [5.41, 5.74) is 5.00. The summed E-state index contributed by atoms with van der Waals surface area (Å²) in [6.45, 7) is 0. The molecule has 3 nitrogen and oxygen atoms in total. The summed E-state index contributed by atoms with van der Waals surface area (Å²) in [7, 11) is 0. The van der Waals surface area contributed by atoms with Crippen LogP contribution in [0.25, 0.3) is 0 Å². The number of nitrogens with zero attached hydrogens (tertiary/aromatic N) is 3. The van der Waals surface area contributed by atoms with E-state index in [4.69, 9.17) is 5.26 Å². The molecule has 0 N–H and O–H groups in total. The molecule has 2 aromatic rings. The number of nitriles is 1. The van der Waals surface area contributed by atoms with Crippen molar-refractivity contribution in [1.82, 2.24) is 9.55 Å². The molecule has 3 heteroatoms. The molecule has 2 aliphatic rings. The van der Waals surface area contributed by atoms with Gasteiger partial charge in [-0.1, -0.05) is 6.07 Å². The number of hydrogen-bond acceptors (Lipinski definition) is 2. The first-order valence-corrected chi connectivity index (χ1v) is 7.39. The van der Waals surface area contributed by atoms with Gasteiger partial charge in [-0.05, 0) is 61.8 Å². The molecule has 1 aliphatic heterocycles. The highest BCUT2D eigenvalue weighted by molar-refractivity contribution is 5.44. The van der Waals surface area contributed by atoms with Crippen LogP contribution in [0.2, 0.25) is 0 Å². The van der Waals surface area contributed by atoms with E-state index in [9.17, 15) is 0 Å². The van der Waals surface area contributed by atoms with E-state index in [1.807, 2.05) is 18.6 Å². The van der Waals surface area contributed by atoms with Crippen LogP contribution in [-0.2, 0) is 18.4 Å². The molecule has 0 saturated carbocycles. The Hall–Kier alpha value is -2.08. The third-order valence-electron chi connectivity index (χ3n) is 4.97. The molecule has 100 valence electrons. The second kappa shape index (κ2) is 4.21. The van der Waals surface area contributed by atoms with Crippen molar-refractivity contribution in [2.45, 2.75) is 44.1 Å². The Morgan fingerprint density at radius 3 is 2.90 bits per heavy atom. The Morgan fingerprint density at radius 2 is 2.05 bits per heavy atom. The summed E-state index contributed by atoms with van der Waals surface area (Å²) >= 11 is 0. The molecule has 4 rings (SSSR count). The molecule has 0 radical (unpaired) electrons. The van der Waals surface area contributed by atoms with Gasteiger partial charge in [0, 0.05) is 11.9 Å². The molecule has 1 spiro atoms. The fourth-order valence-electron chi connectivity index (χ4n) is 4.12. The maximum atomic E-state index is 9.10. The van der Waals surface area contributed by atoms with Gasteiger partial charge in [0.05, 0.1) is 23.5 Å². The zero-order chi connectivity index (χ0) is 13.6. The highest BCUT2D eigenvalue weighted by Crippen LogP contribution is 2.45. The van der Waals surface area contributed by atoms with Crippen LogP contribution in [0.15, 0.2) is 30.7 Å². The Morgan fingerprint density at radius 1 is 1.20 bits per heavy atom. The van der Waals surface area contributed by atoms with Gasteiger partial charge in [-0.15, -0.1) is 0 Å². The smallest absolute Gasteiger partial charge is 0.0991 e. The molecule has 0 amide bonds. The molecule has 1 atom stereocenters. The Balaban J connectivity index is 1.94. The summed E-state index contributed by atoms with van der Waals surface area (Å²) in [4.78, 5) is 4.37. The van der Waals surface area contributed by atoms with Crippen LogP contribution < -0.4 is 0 Å². The van der Waals surface area contributed by atoms with E-state index in [-0.39, 0.29) is 5.54 Å². The minimum Gasteiger partial charge on any atom is -0.324 e. The standard InChI is InChI=1S/C17H17N3/c18-10-13-5-6-16-14(9-13)3-1-7-17(16)8-2-4-15-11-19-12-20(15)17/h5-6,9,11-12H,1-4,7-8H2. The third-order valence-corrected chi connectivity index (χ3v) is 4.97. The molecule has 0 bridgehead atoms. The van der Waals surface area contributed by atoms with E-state index < -0.39 is 0 Å². The predicted octanol–water partition coefficient (Wildman–Crippen LogP) is 3.17. The van der Waals surface area contributed by atoms with Gasteiger partial charge in [0.1, 0.15) is 0 Å². The van der Waals surface area contributed by atoms with E-state index in [0.29, 0.717) is 0 Å². The van der Waals surface area contributed by atoms with Crippen LogP contribution in [0.3, 0.4) is 0 Å². The number of aryl methyl sites for hydroxylation is 2. The number of imidazole rings is 1. The van der Waals surface area contributed by atoms with Crippen molar-refractivity contribution in [1.29, 1.82) is 5.26 Å². The molecule has 20 heavy (non-hydrogen) atoms. The SMILES string of the molecule is N#Cc1ccc2c(c1)CCCC21CCCc2cncn21. The van der Waals surface area contributed by atoms with Gasteiger partial charge in [0.25, 0.3) is 0 Å². The Kier molecular flexibility index (Phi) is 2.47. The van der Waals surface area contributed by atoms with Crippen molar-refractivity contribution in [2.24, 2.45) is 0 Å². The third kappa shape index (κ3) is 1.48. The highest BCUT2D eigenvalue weighted by Gasteiger charge is 2.40. The molecule has 0 fully saturated rings. The van der Waals surface area contributed by atoms with Crippen LogP contribution in [0.5, 0.6) is 0 Å². The lowest BCUT2D eigenvalue weighted by molar-refractivity contribution is 0.244. The summed E-state index contributed by atoms with van der Waals surface area (Å²) in [5.74, 6) is 0. The van der Waals surface area contributed by atoms with Crippen molar-refractivity contribution in [3.63, 3.8) is 0 Å². The summed E-state index contributed by atoms with van der Waals surface area (Å²) in [6, 6.07) is 8.50. The van der Waals surface area contributed by atoms with Gasteiger partial charge in [-0.2, -0.15) is 5.26 Å². The van der Waals surface area contributed by atoms with E-state index in [1.165, 1.54) is 42.5 Å². The molecule has 1 aliphatic carbocycles. The Bertz CT molecular complexity index is 703. The first kappa shape index (κ1) is 11.7. The van der Waals surface area contributed by atoms with Crippen molar-refractivity contribution in [3.8, 4) is 6.07 Å². The summed E-state index contributed by atoms with van der Waals surface area (Å²) < 4.78 is 2.40. The van der Waals surface area contributed by atoms with Crippen molar-refractivity contribution in [3.05, 3.63) is 53.1 Å². The van der Waals surface area contributed by atoms with E-state index in [0.717, 1.165) is 18.4 Å². The average Bonchev–Trinajstić information content (AvgIpc) is 2.97. The zero-order valence-corrected chi connectivity index (χ0v) is 11.5. The fraction of sp³-hybridized carbons (Fsp3) is 0.412. The molecule has 1 aromatic heterocycles. The second-order valence-electron chi connectivity index (χ2n) is 5.98. The maximum absolute atomic E-state index is 9.10. The minimum atomic E-state index is 0.0889. The number of hydrogen-bond donors (Lipinski definition) is 0. The quantitative estimate of drug-likeness (QED) is 0.732.